The summed E-state index contributed by atoms with van der Waals surface area (Å²) in [6, 6.07) is 4.11. The molecule has 1 amide bonds. The van der Waals surface area contributed by atoms with Crippen LogP contribution in [0, 0.1) is 0 Å². The van der Waals surface area contributed by atoms with Crippen molar-refractivity contribution in [1.29, 1.82) is 0 Å². The third-order valence-electron chi connectivity index (χ3n) is 2.60. The molecule has 128 valence electrons. The van der Waals surface area contributed by atoms with Crippen LogP contribution in [0.1, 0.15) is 5.56 Å². The fraction of sp³-hybridized carbons (Fsp3) is 0.231. The van der Waals surface area contributed by atoms with Crippen molar-refractivity contribution in [3.63, 3.8) is 0 Å². The number of nitrogen functional groups attached to an aromatic ring is 1. The van der Waals surface area contributed by atoms with E-state index >= 15 is 0 Å². The second-order valence-electron chi connectivity index (χ2n) is 4.38. The first-order valence-electron chi connectivity index (χ1n) is 6.43. The van der Waals surface area contributed by atoms with Crippen LogP contribution in [0.15, 0.2) is 29.4 Å². The zero-order chi connectivity index (χ0) is 17.7. The molecular formula is C13H12F3N5O2S. The minimum atomic E-state index is -4.49. The van der Waals surface area contributed by atoms with E-state index < -0.39 is 24.3 Å². The lowest BCUT2D eigenvalue weighted by molar-refractivity contribution is -0.137. The fourth-order valence-electron chi connectivity index (χ4n) is 1.61. The Kier molecular flexibility index (Phi) is 5.44. The molecule has 11 heteroatoms. The van der Waals surface area contributed by atoms with Crippen molar-refractivity contribution in [2.75, 3.05) is 23.9 Å². The molecule has 1 aromatic carbocycles. The van der Waals surface area contributed by atoms with Gasteiger partial charge in [-0.1, -0.05) is 17.8 Å². The number of anilines is 2. The van der Waals surface area contributed by atoms with Crippen LogP contribution in [0.25, 0.3) is 0 Å². The van der Waals surface area contributed by atoms with Crippen LogP contribution in [-0.4, -0.2) is 33.7 Å². The molecule has 2 aromatic rings. The van der Waals surface area contributed by atoms with Crippen LogP contribution in [0.4, 0.5) is 24.8 Å². The van der Waals surface area contributed by atoms with Crippen molar-refractivity contribution in [2.45, 2.75) is 11.3 Å². The second-order valence-corrected chi connectivity index (χ2v) is 5.15. The predicted octanol–water partition coefficient (Wildman–Crippen LogP) is 2.21. The van der Waals surface area contributed by atoms with E-state index in [-0.39, 0.29) is 17.6 Å². The van der Waals surface area contributed by atoms with E-state index in [1.54, 1.807) is 6.26 Å². The molecule has 1 heterocycles. The number of ether oxygens (including phenoxy) is 1. The number of rotatable bonds is 5. The molecule has 0 atom stereocenters. The zero-order valence-electron chi connectivity index (χ0n) is 12.3. The van der Waals surface area contributed by atoms with Crippen LogP contribution < -0.4 is 15.8 Å². The van der Waals surface area contributed by atoms with Crippen LogP contribution in [-0.2, 0) is 11.0 Å². The third-order valence-corrected chi connectivity index (χ3v) is 3.15. The van der Waals surface area contributed by atoms with Gasteiger partial charge in [0.05, 0.1) is 5.56 Å². The van der Waals surface area contributed by atoms with Crippen LogP contribution >= 0.6 is 11.8 Å². The molecule has 0 fully saturated rings. The van der Waals surface area contributed by atoms with Crippen molar-refractivity contribution in [1.82, 2.24) is 15.0 Å². The molecule has 0 bridgehead atoms. The molecule has 0 unspecified atom stereocenters. The summed E-state index contributed by atoms with van der Waals surface area (Å²) in [4.78, 5) is 23.2. The lowest BCUT2D eigenvalue weighted by Crippen LogP contribution is -2.21. The van der Waals surface area contributed by atoms with Gasteiger partial charge in [0.1, 0.15) is 0 Å². The molecule has 0 aliphatic carbocycles. The highest BCUT2D eigenvalue weighted by molar-refractivity contribution is 7.98. The average Bonchev–Trinajstić information content (AvgIpc) is 2.52. The lowest BCUT2D eigenvalue weighted by Gasteiger charge is -2.10. The van der Waals surface area contributed by atoms with Crippen LogP contribution in [0.5, 0.6) is 6.01 Å². The number of nitrogens with one attached hydrogen (secondary N) is 1. The van der Waals surface area contributed by atoms with E-state index in [2.05, 4.69) is 20.3 Å². The Morgan fingerprint density at radius 2 is 2.08 bits per heavy atom. The minimum absolute atomic E-state index is 0.00149. The molecule has 3 N–H and O–H groups in total. The van der Waals surface area contributed by atoms with Gasteiger partial charge in [-0.25, -0.2) is 0 Å². The largest absolute Gasteiger partial charge is 0.453 e. The number of amides is 1. The van der Waals surface area contributed by atoms with Crippen LogP contribution in [0.3, 0.4) is 0 Å². The summed E-state index contributed by atoms with van der Waals surface area (Å²) in [5, 5.41) is 2.61. The quantitative estimate of drug-likeness (QED) is 0.789. The summed E-state index contributed by atoms with van der Waals surface area (Å²) in [6.07, 6.45) is -2.77. The smallest absolute Gasteiger partial charge is 0.416 e. The zero-order valence-corrected chi connectivity index (χ0v) is 13.1. The standard InChI is InChI=1S/C13H12F3N5O2S/c1-24-12-20-10(17)19-11(21-12)23-6-9(22)18-8-4-2-3-7(5-8)13(14,15)16/h2-5H,6H2,1H3,(H,18,22)(H2,17,19,20,21). The maximum atomic E-state index is 12.6. The van der Waals surface area contributed by atoms with Crippen molar-refractivity contribution >= 4 is 29.3 Å². The monoisotopic (exact) mass is 359 g/mol. The Morgan fingerprint density at radius 3 is 2.75 bits per heavy atom. The molecule has 0 radical (unpaired) electrons. The lowest BCUT2D eigenvalue weighted by atomic mass is 10.2. The number of carbonyl (C=O) groups is 1. The van der Waals surface area contributed by atoms with Gasteiger partial charge in [0.15, 0.2) is 11.8 Å². The Bertz CT molecular complexity index is 742. The van der Waals surface area contributed by atoms with Crippen LogP contribution in [0.2, 0.25) is 0 Å². The van der Waals surface area contributed by atoms with Gasteiger partial charge in [-0.2, -0.15) is 28.1 Å². The Hall–Kier alpha value is -2.56. The summed E-state index contributed by atoms with van der Waals surface area (Å²) >= 11 is 1.21. The predicted molar refractivity (Wildman–Crippen MR) is 81.6 cm³/mol. The fourth-order valence-corrected chi connectivity index (χ4v) is 1.96. The van der Waals surface area contributed by atoms with Gasteiger partial charge in [-0.15, -0.1) is 0 Å². The Morgan fingerprint density at radius 1 is 1.33 bits per heavy atom. The number of hydrogen-bond donors (Lipinski definition) is 2. The number of nitrogens with zero attached hydrogens (tertiary/aromatic N) is 3. The van der Waals surface area contributed by atoms with E-state index in [0.717, 1.165) is 12.1 Å². The van der Waals surface area contributed by atoms with E-state index in [1.165, 1.54) is 23.9 Å². The first kappa shape index (κ1) is 17.8. The average molecular weight is 359 g/mol. The number of benzene rings is 1. The Labute approximate surface area is 138 Å². The summed E-state index contributed by atoms with van der Waals surface area (Å²) in [5.74, 6) is -0.735. The molecule has 0 saturated heterocycles. The SMILES string of the molecule is CSc1nc(N)nc(OCC(=O)Nc2cccc(C(F)(F)F)c2)n1. The van der Waals surface area contributed by atoms with Crippen molar-refractivity contribution in [3.05, 3.63) is 29.8 Å². The van der Waals surface area contributed by atoms with E-state index in [9.17, 15) is 18.0 Å². The number of alkyl halides is 3. The van der Waals surface area contributed by atoms with E-state index in [4.69, 9.17) is 10.5 Å². The normalized spacial score (nSPS) is 11.2. The van der Waals surface area contributed by atoms with Gasteiger partial charge in [-0.05, 0) is 24.5 Å². The maximum Gasteiger partial charge on any atom is 0.416 e. The van der Waals surface area contributed by atoms with Crippen molar-refractivity contribution in [2.24, 2.45) is 0 Å². The first-order valence-corrected chi connectivity index (χ1v) is 7.66. The van der Waals surface area contributed by atoms with Gasteiger partial charge in [0.25, 0.3) is 5.91 Å². The van der Waals surface area contributed by atoms with E-state index in [1.807, 2.05) is 0 Å². The summed E-state index contributed by atoms with van der Waals surface area (Å²) in [7, 11) is 0. The highest BCUT2D eigenvalue weighted by Gasteiger charge is 2.30. The number of halogens is 3. The van der Waals surface area contributed by atoms with E-state index in [0.29, 0.717) is 5.16 Å². The van der Waals surface area contributed by atoms with Gasteiger partial charge in [-0.3, -0.25) is 4.79 Å². The highest BCUT2D eigenvalue weighted by atomic mass is 32.2. The Balaban J connectivity index is 1.98. The van der Waals surface area contributed by atoms with Crippen molar-refractivity contribution < 1.29 is 22.7 Å². The number of thioether (sulfide) groups is 1. The van der Waals surface area contributed by atoms with Gasteiger partial charge in [0, 0.05) is 5.69 Å². The number of nitrogens with two attached hydrogens (primary N) is 1. The van der Waals surface area contributed by atoms with Crippen molar-refractivity contribution in [3.8, 4) is 6.01 Å². The molecule has 1 aromatic heterocycles. The second kappa shape index (κ2) is 7.34. The number of aromatic nitrogens is 3. The molecule has 0 saturated carbocycles. The molecule has 2 rings (SSSR count). The van der Waals surface area contributed by atoms with Gasteiger partial charge >= 0.3 is 12.2 Å². The molecule has 0 aliphatic rings. The minimum Gasteiger partial charge on any atom is -0.453 e. The molecular weight excluding hydrogens is 347 g/mol. The third kappa shape index (κ3) is 4.98. The molecule has 24 heavy (non-hydrogen) atoms. The molecule has 0 spiro atoms. The topological polar surface area (TPSA) is 103 Å². The summed E-state index contributed by atoms with van der Waals surface area (Å²) < 4.78 is 42.9. The first-order chi connectivity index (χ1) is 11.3. The summed E-state index contributed by atoms with van der Waals surface area (Å²) in [5.41, 5.74) is 4.59. The maximum absolute atomic E-state index is 12.6. The highest BCUT2D eigenvalue weighted by Crippen LogP contribution is 2.30. The number of hydrogen-bond acceptors (Lipinski definition) is 7. The number of carbonyl (C=O) groups excluding carboxylic acids is 1. The summed E-state index contributed by atoms with van der Waals surface area (Å²) in [6.45, 7) is -0.493. The molecule has 7 nitrogen and oxygen atoms in total. The molecule has 0 aliphatic heterocycles. The van der Waals surface area contributed by atoms with Gasteiger partial charge in [0.2, 0.25) is 5.95 Å². The van der Waals surface area contributed by atoms with Gasteiger partial charge < -0.3 is 15.8 Å².